The maximum atomic E-state index is 13.1. The number of carbonyl (C=O) groups is 3. The van der Waals surface area contributed by atoms with Gasteiger partial charge in [0.15, 0.2) is 0 Å². The van der Waals surface area contributed by atoms with Crippen molar-refractivity contribution >= 4 is 29.4 Å². The van der Waals surface area contributed by atoms with Crippen LogP contribution in [0.1, 0.15) is 44.1 Å². The maximum absolute atomic E-state index is 13.1. The first-order valence-electron chi connectivity index (χ1n) is 10.2. The average molecular weight is 404 g/mol. The topological polar surface area (TPSA) is 60.9 Å². The molecule has 1 aromatic rings. The van der Waals surface area contributed by atoms with Crippen LogP contribution in [0.15, 0.2) is 24.3 Å². The molecule has 3 aliphatic rings. The first-order chi connectivity index (χ1) is 13.6. The Morgan fingerprint density at radius 1 is 1.04 bits per heavy atom. The van der Waals surface area contributed by atoms with Crippen molar-refractivity contribution in [1.82, 2.24) is 14.7 Å². The van der Waals surface area contributed by atoms with Crippen LogP contribution in [0.25, 0.3) is 0 Å². The predicted octanol–water partition coefficient (Wildman–Crippen LogP) is 3.08. The molecule has 0 spiro atoms. The van der Waals surface area contributed by atoms with E-state index in [2.05, 4.69) is 0 Å². The Kier molecular flexibility index (Phi) is 5.58. The van der Waals surface area contributed by atoms with E-state index in [4.69, 9.17) is 11.6 Å². The molecule has 4 rings (SSSR count). The van der Waals surface area contributed by atoms with Gasteiger partial charge in [0.1, 0.15) is 6.04 Å². The van der Waals surface area contributed by atoms with Crippen LogP contribution in [0.3, 0.4) is 0 Å². The summed E-state index contributed by atoms with van der Waals surface area (Å²) < 4.78 is 0. The highest BCUT2D eigenvalue weighted by Gasteiger charge is 2.49. The van der Waals surface area contributed by atoms with Crippen molar-refractivity contribution < 1.29 is 14.4 Å². The zero-order valence-corrected chi connectivity index (χ0v) is 16.7. The number of halogens is 1. The van der Waals surface area contributed by atoms with Gasteiger partial charge in [-0.15, -0.1) is 0 Å². The molecule has 3 fully saturated rings. The Morgan fingerprint density at radius 2 is 1.79 bits per heavy atom. The molecule has 0 aromatic heterocycles. The monoisotopic (exact) mass is 403 g/mol. The number of fused-ring (bicyclic) bond motifs is 1. The smallest absolute Gasteiger partial charge is 0.327 e. The number of nitrogens with zero attached hydrogens (tertiary/aromatic N) is 3. The van der Waals surface area contributed by atoms with Gasteiger partial charge in [-0.1, -0.05) is 49.1 Å². The van der Waals surface area contributed by atoms with Crippen molar-refractivity contribution in [2.45, 2.75) is 57.0 Å². The van der Waals surface area contributed by atoms with E-state index in [9.17, 15) is 14.4 Å². The molecule has 4 amide bonds. The van der Waals surface area contributed by atoms with E-state index < -0.39 is 6.04 Å². The van der Waals surface area contributed by atoms with Crippen LogP contribution in [0, 0.1) is 0 Å². The van der Waals surface area contributed by atoms with Crippen LogP contribution >= 0.6 is 11.6 Å². The Labute approximate surface area is 170 Å². The number of hydrogen-bond acceptors (Lipinski definition) is 3. The lowest BCUT2D eigenvalue weighted by Gasteiger charge is -2.29. The summed E-state index contributed by atoms with van der Waals surface area (Å²) in [6.45, 7) is 1.35. The van der Waals surface area contributed by atoms with Crippen molar-refractivity contribution in [1.29, 1.82) is 0 Å². The van der Waals surface area contributed by atoms with Crippen molar-refractivity contribution in [3.8, 4) is 0 Å². The van der Waals surface area contributed by atoms with E-state index in [1.54, 1.807) is 15.9 Å². The van der Waals surface area contributed by atoms with Crippen molar-refractivity contribution in [3.63, 3.8) is 0 Å². The number of amides is 4. The zero-order chi connectivity index (χ0) is 19.7. The highest BCUT2D eigenvalue weighted by molar-refractivity contribution is 6.31. The van der Waals surface area contributed by atoms with E-state index in [1.165, 1.54) is 11.3 Å². The number of imide groups is 1. The van der Waals surface area contributed by atoms with E-state index in [1.807, 2.05) is 18.2 Å². The summed E-state index contributed by atoms with van der Waals surface area (Å²) in [5.74, 6) is -0.180. The Hall–Kier alpha value is -2.08. The van der Waals surface area contributed by atoms with Gasteiger partial charge in [-0.05, 0) is 30.9 Å². The summed E-state index contributed by atoms with van der Waals surface area (Å²) in [6, 6.07) is 6.62. The fourth-order valence-corrected chi connectivity index (χ4v) is 4.84. The van der Waals surface area contributed by atoms with Gasteiger partial charge in [-0.2, -0.15) is 0 Å². The predicted molar refractivity (Wildman–Crippen MR) is 106 cm³/mol. The minimum atomic E-state index is -0.549. The molecule has 1 saturated carbocycles. The lowest BCUT2D eigenvalue weighted by Crippen LogP contribution is -2.45. The van der Waals surface area contributed by atoms with E-state index in [-0.39, 0.29) is 36.9 Å². The molecule has 28 heavy (non-hydrogen) atoms. The Balaban J connectivity index is 1.48. The highest BCUT2D eigenvalue weighted by atomic mass is 35.5. The standard InChI is InChI=1S/C21H26ClN3O3/c22-17-10-5-4-7-15(17)13-19(26)23-11-6-12-24-18(14-23)20(27)25(21(24)28)16-8-2-1-3-9-16/h4-5,7,10,16,18H,1-3,6,8-9,11-14H2. The van der Waals surface area contributed by atoms with Gasteiger partial charge >= 0.3 is 6.03 Å². The molecule has 2 heterocycles. The van der Waals surface area contributed by atoms with Gasteiger partial charge in [-0.3, -0.25) is 14.5 Å². The first kappa shape index (κ1) is 19.2. The van der Waals surface area contributed by atoms with Gasteiger partial charge < -0.3 is 9.80 Å². The van der Waals surface area contributed by atoms with Crippen molar-refractivity contribution in [2.75, 3.05) is 19.6 Å². The van der Waals surface area contributed by atoms with Crippen LogP contribution in [-0.4, -0.2) is 64.3 Å². The molecule has 7 heteroatoms. The van der Waals surface area contributed by atoms with Crippen LogP contribution < -0.4 is 0 Å². The minimum Gasteiger partial charge on any atom is -0.340 e. The molecule has 2 aliphatic heterocycles. The number of urea groups is 1. The SMILES string of the molecule is O=C(Cc1ccccc1Cl)N1CCCN2C(=O)N(C3CCCCC3)C(=O)C2C1. The minimum absolute atomic E-state index is 0.0213. The van der Waals surface area contributed by atoms with Gasteiger partial charge in [0.05, 0.1) is 13.0 Å². The van der Waals surface area contributed by atoms with E-state index >= 15 is 0 Å². The maximum Gasteiger partial charge on any atom is 0.327 e. The Morgan fingerprint density at radius 3 is 2.54 bits per heavy atom. The average Bonchev–Trinajstić information content (AvgIpc) is 2.86. The lowest BCUT2D eigenvalue weighted by atomic mass is 9.94. The largest absolute Gasteiger partial charge is 0.340 e. The van der Waals surface area contributed by atoms with Crippen LogP contribution in [-0.2, 0) is 16.0 Å². The van der Waals surface area contributed by atoms with Crippen LogP contribution in [0.2, 0.25) is 5.02 Å². The Bertz CT molecular complexity index is 778. The molecule has 1 atom stereocenters. The number of rotatable bonds is 3. The van der Waals surface area contributed by atoms with Gasteiger partial charge in [0.25, 0.3) is 5.91 Å². The zero-order valence-electron chi connectivity index (χ0n) is 16.0. The van der Waals surface area contributed by atoms with Crippen molar-refractivity contribution in [3.05, 3.63) is 34.9 Å². The normalized spacial score (nSPS) is 23.8. The number of hydrogen-bond donors (Lipinski definition) is 0. The molecule has 2 saturated heterocycles. The second kappa shape index (κ2) is 8.11. The van der Waals surface area contributed by atoms with Gasteiger partial charge in [0, 0.05) is 24.2 Å². The first-order valence-corrected chi connectivity index (χ1v) is 10.6. The molecule has 150 valence electrons. The third-order valence-electron chi connectivity index (χ3n) is 6.16. The third-order valence-corrected chi connectivity index (χ3v) is 6.53. The second-order valence-electron chi connectivity index (χ2n) is 7.95. The van der Waals surface area contributed by atoms with E-state index in [0.717, 1.165) is 31.2 Å². The van der Waals surface area contributed by atoms with E-state index in [0.29, 0.717) is 24.5 Å². The van der Waals surface area contributed by atoms with Gasteiger partial charge in [-0.25, -0.2) is 4.79 Å². The molecular weight excluding hydrogens is 378 g/mol. The number of carbonyl (C=O) groups excluding carboxylic acids is 3. The molecule has 1 aromatic carbocycles. The summed E-state index contributed by atoms with van der Waals surface area (Å²) in [5, 5.41) is 0.572. The molecular formula is C21H26ClN3O3. The third kappa shape index (κ3) is 3.62. The summed E-state index contributed by atoms with van der Waals surface area (Å²) in [6.07, 6.45) is 5.98. The summed E-state index contributed by atoms with van der Waals surface area (Å²) >= 11 is 6.19. The molecule has 1 aliphatic carbocycles. The summed E-state index contributed by atoms with van der Waals surface area (Å²) in [7, 11) is 0. The van der Waals surface area contributed by atoms with Gasteiger partial charge in [0.2, 0.25) is 5.91 Å². The van der Waals surface area contributed by atoms with Crippen LogP contribution in [0.4, 0.5) is 4.79 Å². The fraction of sp³-hybridized carbons (Fsp3) is 0.571. The van der Waals surface area contributed by atoms with Crippen LogP contribution in [0.5, 0.6) is 0 Å². The molecule has 1 unspecified atom stereocenters. The molecule has 6 nitrogen and oxygen atoms in total. The van der Waals surface area contributed by atoms with Crippen molar-refractivity contribution in [2.24, 2.45) is 0 Å². The molecule has 0 N–H and O–H groups in total. The quantitative estimate of drug-likeness (QED) is 0.728. The molecule has 0 radical (unpaired) electrons. The molecule has 0 bridgehead atoms. The fourth-order valence-electron chi connectivity index (χ4n) is 4.64. The highest BCUT2D eigenvalue weighted by Crippen LogP contribution is 2.30. The number of benzene rings is 1. The second-order valence-corrected chi connectivity index (χ2v) is 8.36. The summed E-state index contributed by atoms with van der Waals surface area (Å²) in [4.78, 5) is 43.8. The summed E-state index contributed by atoms with van der Waals surface area (Å²) in [5.41, 5.74) is 0.785. The lowest BCUT2D eigenvalue weighted by molar-refractivity contribution is -0.133.